The molecule has 26 heavy (non-hydrogen) atoms. The lowest BCUT2D eigenvalue weighted by Crippen LogP contribution is -2.23. The Morgan fingerprint density at radius 3 is 2.73 bits per heavy atom. The van der Waals surface area contributed by atoms with Crippen LogP contribution >= 0.6 is 0 Å². The number of amides is 1. The maximum Gasteiger partial charge on any atom is 0.277 e. The van der Waals surface area contributed by atoms with E-state index in [1.165, 1.54) is 35.2 Å². The first kappa shape index (κ1) is 16.0. The second kappa shape index (κ2) is 6.44. The highest BCUT2D eigenvalue weighted by molar-refractivity contribution is 6.04. The molecular formula is C19H15FN4O2. The molecule has 0 unspecified atom stereocenters. The molecule has 0 bridgehead atoms. The van der Waals surface area contributed by atoms with E-state index in [-0.39, 0.29) is 30.2 Å². The Morgan fingerprint density at radius 2 is 1.92 bits per heavy atom. The number of aryl methyl sites for hydroxylation is 1. The molecule has 4 aromatic rings. The number of benzene rings is 2. The smallest absolute Gasteiger partial charge is 0.277 e. The lowest BCUT2D eigenvalue weighted by atomic mass is 10.2. The number of fused-ring (bicyclic) bond motifs is 3. The van der Waals surface area contributed by atoms with E-state index in [0.717, 1.165) is 10.9 Å². The standard InChI is InChI=1S/C19H15FN4O2/c20-12-5-7-13(8-6-12)22-16(25)9-10-24-11-21-17-14-3-1-2-4-15(14)23-18(17)19(24)26/h1-8,11,23H,9-10H2,(H,22,25). The van der Waals surface area contributed by atoms with Crippen LogP contribution in [0.2, 0.25) is 0 Å². The summed E-state index contributed by atoms with van der Waals surface area (Å²) in [4.78, 5) is 32.1. The fourth-order valence-electron chi connectivity index (χ4n) is 2.88. The van der Waals surface area contributed by atoms with Crippen molar-refractivity contribution in [1.29, 1.82) is 0 Å². The molecule has 2 aromatic carbocycles. The summed E-state index contributed by atoms with van der Waals surface area (Å²) in [5.41, 5.74) is 2.18. The highest BCUT2D eigenvalue weighted by atomic mass is 19.1. The average Bonchev–Trinajstić information content (AvgIpc) is 3.03. The quantitative estimate of drug-likeness (QED) is 0.594. The van der Waals surface area contributed by atoms with Crippen molar-refractivity contribution in [2.45, 2.75) is 13.0 Å². The lowest BCUT2D eigenvalue weighted by Gasteiger charge is -2.07. The highest BCUT2D eigenvalue weighted by Gasteiger charge is 2.11. The molecule has 2 N–H and O–H groups in total. The number of anilines is 1. The number of nitrogens with zero attached hydrogens (tertiary/aromatic N) is 2. The van der Waals surface area contributed by atoms with Gasteiger partial charge in [0.1, 0.15) is 16.9 Å². The molecule has 0 radical (unpaired) electrons. The zero-order valence-electron chi connectivity index (χ0n) is 13.7. The Labute approximate surface area is 147 Å². The predicted octanol–water partition coefficient (Wildman–Crippen LogP) is 3.05. The van der Waals surface area contributed by atoms with Gasteiger partial charge in [-0.2, -0.15) is 0 Å². The van der Waals surface area contributed by atoms with Crippen molar-refractivity contribution in [3.8, 4) is 0 Å². The van der Waals surface area contributed by atoms with E-state index in [0.29, 0.717) is 16.7 Å². The van der Waals surface area contributed by atoms with Gasteiger partial charge < -0.3 is 10.3 Å². The van der Waals surface area contributed by atoms with Crippen LogP contribution in [-0.4, -0.2) is 20.4 Å². The number of carbonyl (C=O) groups excluding carboxylic acids is 1. The van der Waals surface area contributed by atoms with Gasteiger partial charge in [-0.3, -0.25) is 14.2 Å². The third-order valence-corrected chi connectivity index (χ3v) is 4.19. The molecule has 0 aliphatic carbocycles. The van der Waals surface area contributed by atoms with Gasteiger partial charge in [-0.05, 0) is 30.3 Å². The number of para-hydroxylation sites is 1. The summed E-state index contributed by atoms with van der Waals surface area (Å²) in [5, 5.41) is 3.56. The first-order valence-electron chi connectivity index (χ1n) is 8.13. The third kappa shape index (κ3) is 2.95. The van der Waals surface area contributed by atoms with Gasteiger partial charge in [-0.15, -0.1) is 0 Å². The first-order valence-corrected chi connectivity index (χ1v) is 8.13. The molecular weight excluding hydrogens is 335 g/mol. The summed E-state index contributed by atoms with van der Waals surface area (Å²) in [6, 6.07) is 13.1. The van der Waals surface area contributed by atoms with Crippen LogP contribution in [0.4, 0.5) is 10.1 Å². The molecule has 6 nitrogen and oxygen atoms in total. The summed E-state index contributed by atoms with van der Waals surface area (Å²) < 4.78 is 14.3. The molecule has 2 heterocycles. The minimum Gasteiger partial charge on any atom is -0.349 e. The fourth-order valence-corrected chi connectivity index (χ4v) is 2.88. The maximum atomic E-state index is 12.9. The third-order valence-electron chi connectivity index (χ3n) is 4.19. The molecule has 7 heteroatoms. The van der Waals surface area contributed by atoms with Gasteiger partial charge in [0.2, 0.25) is 5.91 Å². The number of aromatic nitrogens is 3. The number of hydrogen-bond donors (Lipinski definition) is 2. The number of rotatable bonds is 4. The number of H-pyrrole nitrogens is 1. The van der Waals surface area contributed by atoms with Gasteiger partial charge in [0.25, 0.3) is 5.56 Å². The van der Waals surface area contributed by atoms with Crippen LogP contribution in [0.3, 0.4) is 0 Å². The van der Waals surface area contributed by atoms with Crippen molar-refractivity contribution in [3.63, 3.8) is 0 Å². The molecule has 0 fully saturated rings. The Balaban J connectivity index is 1.53. The van der Waals surface area contributed by atoms with Gasteiger partial charge >= 0.3 is 0 Å². The zero-order chi connectivity index (χ0) is 18.1. The van der Waals surface area contributed by atoms with Crippen molar-refractivity contribution in [2.75, 3.05) is 5.32 Å². The second-order valence-electron chi connectivity index (χ2n) is 5.94. The summed E-state index contributed by atoms with van der Waals surface area (Å²) in [6.45, 7) is 0.199. The van der Waals surface area contributed by atoms with Gasteiger partial charge in [0.05, 0.1) is 6.33 Å². The van der Waals surface area contributed by atoms with E-state index >= 15 is 0 Å². The van der Waals surface area contributed by atoms with Crippen molar-refractivity contribution >= 4 is 33.5 Å². The van der Waals surface area contributed by atoms with Gasteiger partial charge in [-0.25, -0.2) is 9.37 Å². The summed E-state index contributed by atoms with van der Waals surface area (Å²) >= 11 is 0. The zero-order valence-corrected chi connectivity index (χ0v) is 13.7. The van der Waals surface area contributed by atoms with E-state index in [9.17, 15) is 14.0 Å². The minimum atomic E-state index is -0.368. The first-order chi connectivity index (χ1) is 12.6. The van der Waals surface area contributed by atoms with Gasteiger partial charge in [0, 0.05) is 29.6 Å². The molecule has 130 valence electrons. The fraction of sp³-hybridized carbons (Fsp3) is 0.105. The van der Waals surface area contributed by atoms with E-state index in [4.69, 9.17) is 0 Å². The summed E-state index contributed by atoms with van der Waals surface area (Å²) in [7, 11) is 0. The number of halogens is 1. The summed E-state index contributed by atoms with van der Waals surface area (Å²) in [5.74, 6) is -0.632. The van der Waals surface area contributed by atoms with E-state index in [1.807, 2.05) is 24.3 Å². The van der Waals surface area contributed by atoms with Gasteiger partial charge in [-0.1, -0.05) is 18.2 Å². The van der Waals surface area contributed by atoms with Crippen LogP contribution in [0.1, 0.15) is 6.42 Å². The summed E-state index contributed by atoms with van der Waals surface area (Å²) in [6.07, 6.45) is 1.56. The van der Waals surface area contributed by atoms with E-state index < -0.39 is 0 Å². The monoisotopic (exact) mass is 350 g/mol. The van der Waals surface area contributed by atoms with Crippen molar-refractivity contribution in [2.24, 2.45) is 0 Å². The van der Waals surface area contributed by atoms with Crippen LogP contribution in [0.25, 0.3) is 21.9 Å². The molecule has 0 atom stereocenters. The SMILES string of the molecule is O=C(CCn1cnc2c([nH]c3ccccc32)c1=O)Nc1ccc(F)cc1. The Morgan fingerprint density at radius 1 is 1.15 bits per heavy atom. The van der Waals surface area contributed by atoms with Crippen molar-refractivity contribution in [1.82, 2.24) is 14.5 Å². The maximum absolute atomic E-state index is 12.9. The number of hydrogen-bond acceptors (Lipinski definition) is 3. The number of carbonyl (C=O) groups is 1. The molecule has 0 spiro atoms. The van der Waals surface area contributed by atoms with Crippen molar-refractivity contribution in [3.05, 3.63) is 71.0 Å². The van der Waals surface area contributed by atoms with Crippen LogP contribution in [0.5, 0.6) is 0 Å². The molecule has 4 rings (SSSR count). The second-order valence-corrected chi connectivity index (χ2v) is 5.94. The molecule has 1 amide bonds. The van der Waals surface area contributed by atoms with Crippen molar-refractivity contribution < 1.29 is 9.18 Å². The van der Waals surface area contributed by atoms with E-state index in [2.05, 4.69) is 15.3 Å². The minimum absolute atomic E-state index is 0.102. The molecule has 2 aromatic heterocycles. The van der Waals surface area contributed by atoms with E-state index in [1.54, 1.807) is 0 Å². The van der Waals surface area contributed by atoms with Crippen LogP contribution < -0.4 is 10.9 Å². The lowest BCUT2D eigenvalue weighted by molar-refractivity contribution is -0.116. The molecule has 0 saturated heterocycles. The number of nitrogens with one attached hydrogen (secondary N) is 2. The Hall–Kier alpha value is -3.48. The number of aromatic amines is 1. The topological polar surface area (TPSA) is 79.8 Å². The predicted molar refractivity (Wildman–Crippen MR) is 97.5 cm³/mol. The van der Waals surface area contributed by atoms with Crippen LogP contribution in [0, 0.1) is 5.82 Å². The highest BCUT2D eigenvalue weighted by Crippen LogP contribution is 2.20. The normalized spacial score (nSPS) is 11.1. The molecule has 0 saturated carbocycles. The Kier molecular flexibility index (Phi) is 3.96. The Bertz CT molecular complexity index is 1160. The van der Waals surface area contributed by atoms with Crippen LogP contribution in [-0.2, 0) is 11.3 Å². The molecule has 0 aliphatic heterocycles. The average molecular weight is 350 g/mol. The van der Waals surface area contributed by atoms with Crippen LogP contribution in [0.15, 0.2) is 59.7 Å². The van der Waals surface area contributed by atoms with Gasteiger partial charge in [0.15, 0.2) is 0 Å². The molecule has 0 aliphatic rings. The largest absolute Gasteiger partial charge is 0.349 e.